The van der Waals surface area contributed by atoms with Gasteiger partial charge in [0.1, 0.15) is 0 Å². The number of unbranched alkanes of at least 4 members (excludes halogenated alkanes) is 1. The lowest BCUT2D eigenvalue weighted by Gasteiger charge is -2.24. The van der Waals surface area contributed by atoms with Crippen LogP contribution in [0.4, 0.5) is 5.69 Å². The van der Waals surface area contributed by atoms with Crippen molar-refractivity contribution < 1.29 is 9.90 Å². The number of carboxylic acid groups (broad SMARTS) is 1. The van der Waals surface area contributed by atoms with E-state index >= 15 is 0 Å². The van der Waals surface area contributed by atoms with Crippen molar-refractivity contribution in [2.45, 2.75) is 40.0 Å². The minimum absolute atomic E-state index is 0.607. The highest BCUT2D eigenvalue weighted by Gasteiger charge is 2.26. The van der Waals surface area contributed by atoms with Crippen LogP contribution in [0, 0.1) is 5.41 Å². The van der Waals surface area contributed by atoms with Gasteiger partial charge in [-0.25, -0.2) is 0 Å². The van der Waals surface area contributed by atoms with Crippen LogP contribution in [0.25, 0.3) is 0 Å². The molecule has 3 nitrogen and oxygen atoms in total. The van der Waals surface area contributed by atoms with Crippen LogP contribution in [-0.4, -0.2) is 24.2 Å². The van der Waals surface area contributed by atoms with Crippen molar-refractivity contribution in [1.82, 2.24) is 0 Å². The highest BCUT2D eigenvalue weighted by molar-refractivity contribution is 5.73. The monoisotopic (exact) mass is 263 g/mol. The standard InChI is InChI=1S/C16H25NO2/c1-4-17(14-10-6-5-7-11-14)13-9-8-12-16(2,3)15(18)19/h5-7,10-11H,4,8-9,12-13H2,1-3H3,(H,18,19). The summed E-state index contributed by atoms with van der Waals surface area (Å²) in [5, 5.41) is 9.06. The highest BCUT2D eigenvalue weighted by atomic mass is 16.4. The maximum atomic E-state index is 11.0. The SMILES string of the molecule is CCN(CCCCC(C)(C)C(=O)O)c1ccccc1. The second-order valence-electron chi connectivity index (χ2n) is 5.56. The number of hydrogen-bond acceptors (Lipinski definition) is 2. The topological polar surface area (TPSA) is 40.5 Å². The van der Waals surface area contributed by atoms with Crippen LogP contribution in [0.5, 0.6) is 0 Å². The first-order valence-electron chi connectivity index (χ1n) is 7.01. The van der Waals surface area contributed by atoms with Crippen LogP contribution in [-0.2, 0) is 4.79 Å². The van der Waals surface area contributed by atoms with Gasteiger partial charge in [0.25, 0.3) is 0 Å². The molecule has 19 heavy (non-hydrogen) atoms. The van der Waals surface area contributed by atoms with E-state index in [2.05, 4.69) is 24.0 Å². The molecule has 0 aliphatic heterocycles. The Balaban J connectivity index is 2.38. The Morgan fingerprint density at radius 3 is 2.37 bits per heavy atom. The smallest absolute Gasteiger partial charge is 0.309 e. The number of nitrogens with zero attached hydrogens (tertiary/aromatic N) is 1. The van der Waals surface area contributed by atoms with E-state index in [1.807, 2.05) is 18.2 Å². The maximum absolute atomic E-state index is 11.0. The van der Waals surface area contributed by atoms with Crippen LogP contribution in [0.15, 0.2) is 30.3 Å². The Kier molecular flexibility index (Phi) is 5.87. The summed E-state index contributed by atoms with van der Waals surface area (Å²) < 4.78 is 0. The molecule has 0 atom stereocenters. The molecule has 0 aromatic heterocycles. The molecule has 0 bridgehead atoms. The summed E-state index contributed by atoms with van der Waals surface area (Å²) in [6.07, 6.45) is 2.71. The van der Waals surface area contributed by atoms with Crippen molar-refractivity contribution in [1.29, 1.82) is 0 Å². The molecular weight excluding hydrogens is 238 g/mol. The van der Waals surface area contributed by atoms with Crippen LogP contribution in [0.2, 0.25) is 0 Å². The van der Waals surface area contributed by atoms with Gasteiger partial charge in [-0.05, 0) is 45.7 Å². The van der Waals surface area contributed by atoms with E-state index in [1.165, 1.54) is 5.69 Å². The van der Waals surface area contributed by atoms with Crippen molar-refractivity contribution >= 4 is 11.7 Å². The van der Waals surface area contributed by atoms with Gasteiger partial charge in [-0.2, -0.15) is 0 Å². The maximum Gasteiger partial charge on any atom is 0.309 e. The van der Waals surface area contributed by atoms with Gasteiger partial charge < -0.3 is 10.0 Å². The molecule has 106 valence electrons. The average molecular weight is 263 g/mol. The Bertz CT molecular complexity index is 387. The summed E-state index contributed by atoms with van der Waals surface area (Å²) in [4.78, 5) is 13.3. The lowest BCUT2D eigenvalue weighted by Crippen LogP contribution is -2.26. The van der Waals surface area contributed by atoms with E-state index in [-0.39, 0.29) is 0 Å². The molecule has 1 N–H and O–H groups in total. The Morgan fingerprint density at radius 2 is 1.84 bits per heavy atom. The van der Waals surface area contributed by atoms with Crippen LogP contribution >= 0.6 is 0 Å². The molecule has 1 rings (SSSR count). The number of hydrogen-bond donors (Lipinski definition) is 1. The number of aliphatic carboxylic acids is 1. The third-order valence-corrected chi connectivity index (χ3v) is 3.56. The fourth-order valence-corrected chi connectivity index (χ4v) is 2.09. The van der Waals surface area contributed by atoms with Crippen LogP contribution < -0.4 is 4.90 Å². The molecule has 1 aromatic rings. The highest BCUT2D eigenvalue weighted by Crippen LogP contribution is 2.23. The molecule has 0 heterocycles. The second kappa shape index (κ2) is 7.17. The minimum Gasteiger partial charge on any atom is -0.481 e. The summed E-state index contributed by atoms with van der Waals surface area (Å²) in [6.45, 7) is 7.70. The molecule has 0 fully saturated rings. The third-order valence-electron chi connectivity index (χ3n) is 3.56. The fourth-order valence-electron chi connectivity index (χ4n) is 2.09. The number of para-hydroxylation sites is 1. The minimum atomic E-state index is -0.706. The first kappa shape index (κ1) is 15.5. The van der Waals surface area contributed by atoms with Gasteiger partial charge in [-0.1, -0.05) is 24.6 Å². The van der Waals surface area contributed by atoms with Crippen molar-refractivity contribution in [2.24, 2.45) is 5.41 Å². The van der Waals surface area contributed by atoms with Gasteiger partial charge in [0.15, 0.2) is 0 Å². The van der Waals surface area contributed by atoms with E-state index in [0.717, 1.165) is 32.4 Å². The predicted molar refractivity (Wildman–Crippen MR) is 79.6 cm³/mol. The van der Waals surface area contributed by atoms with E-state index in [1.54, 1.807) is 13.8 Å². The zero-order chi connectivity index (χ0) is 14.3. The first-order valence-corrected chi connectivity index (χ1v) is 7.01. The first-order chi connectivity index (χ1) is 8.97. The van der Waals surface area contributed by atoms with E-state index in [9.17, 15) is 4.79 Å². The van der Waals surface area contributed by atoms with Crippen LogP contribution in [0.1, 0.15) is 40.0 Å². The number of carbonyl (C=O) groups is 1. The van der Waals surface area contributed by atoms with Crippen molar-refractivity contribution in [3.63, 3.8) is 0 Å². The molecular formula is C16H25NO2. The van der Waals surface area contributed by atoms with E-state index < -0.39 is 11.4 Å². The average Bonchev–Trinajstić information content (AvgIpc) is 2.39. The molecule has 0 amide bonds. The Labute approximate surface area is 116 Å². The zero-order valence-corrected chi connectivity index (χ0v) is 12.2. The van der Waals surface area contributed by atoms with Crippen molar-refractivity contribution in [3.05, 3.63) is 30.3 Å². The normalized spacial score (nSPS) is 11.3. The van der Waals surface area contributed by atoms with Gasteiger partial charge in [-0.3, -0.25) is 4.79 Å². The summed E-state index contributed by atoms with van der Waals surface area (Å²) in [5.74, 6) is -0.706. The molecule has 0 unspecified atom stereocenters. The van der Waals surface area contributed by atoms with Crippen molar-refractivity contribution in [2.75, 3.05) is 18.0 Å². The Morgan fingerprint density at radius 1 is 1.21 bits per heavy atom. The van der Waals surface area contributed by atoms with E-state index in [0.29, 0.717) is 0 Å². The summed E-state index contributed by atoms with van der Waals surface area (Å²) >= 11 is 0. The quantitative estimate of drug-likeness (QED) is 0.725. The molecule has 0 aliphatic carbocycles. The molecule has 0 spiro atoms. The summed E-state index contributed by atoms with van der Waals surface area (Å²) in [6, 6.07) is 10.3. The Hall–Kier alpha value is -1.51. The van der Waals surface area contributed by atoms with Crippen molar-refractivity contribution in [3.8, 4) is 0 Å². The van der Waals surface area contributed by atoms with E-state index in [4.69, 9.17) is 5.11 Å². The van der Waals surface area contributed by atoms with Gasteiger partial charge in [0.05, 0.1) is 5.41 Å². The molecule has 0 saturated heterocycles. The zero-order valence-electron chi connectivity index (χ0n) is 12.2. The summed E-state index contributed by atoms with van der Waals surface area (Å²) in [5.41, 5.74) is 0.631. The fraction of sp³-hybridized carbons (Fsp3) is 0.562. The van der Waals surface area contributed by atoms with Gasteiger partial charge in [-0.15, -0.1) is 0 Å². The van der Waals surface area contributed by atoms with Gasteiger partial charge in [0.2, 0.25) is 0 Å². The number of rotatable bonds is 8. The molecule has 3 heteroatoms. The number of benzene rings is 1. The summed E-state index contributed by atoms with van der Waals surface area (Å²) in [7, 11) is 0. The van der Waals surface area contributed by atoms with Gasteiger partial charge in [0, 0.05) is 18.8 Å². The van der Waals surface area contributed by atoms with Crippen LogP contribution in [0.3, 0.4) is 0 Å². The lowest BCUT2D eigenvalue weighted by atomic mass is 9.87. The number of anilines is 1. The second-order valence-corrected chi connectivity index (χ2v) is 5.56. The number of carboxylic acids is 1. The molecule has 0 aliphatic rings. The largest absolute Gasteiger partial charge is 0.481 e. The molecule has 1 aromatic carbocycles. The predicted octanol–water partition coefficient (Wildman–Crippen LogP) is 3.79. The third kappa shape index (κ3) is 4.93. The van der Waals surface area contributed by atoms with Gasteiger partial charge >= 0.3 is 5.97 Å². The molecule has 0 radical (unpaired) electrons. The lowest BCUT2D eigenvalue weighted by molar-refractivity contribution is -0.147. The molecule has 0 saturated carbocycles.